The van der Waals surface area contributed by atoms with Crippen molar-refractivity contribution in [3.63, 3.8) is 0 Å². The minimum absolute atomic E-state index is 0.507. The fourth-order valence-electron chi connectivity index (χ4n) is 2.34. The van der Waals surface area contributed by atoms with Crippen LogP contribution in [0.15, 0.2) is 67.0 Å². The van der Waals surface area contributed by atoms with Crippen molar-refractivity contribution in [2.75, 3.05) is 0 Å². The standard InChI is InChI=1S/C17H13FN2O2/c18-16-10-14(6-7-17(16)20(21)22)15-8-9-19(12-15)11-13-4-2-1-3-5-13/h1-10,12H,11H2. The van der Waals surface area contributed by atoms with Gasteiger partial charge in [-0.15, -0.1) is 0 Å². The van der Waals surface area contributed by atoms with Gasteiger partial charge in [0.1, 0.15) is 0 Å². The van der Waals surface area contributed by atoms with Crippen LogP contribution in [0.1, 0.15) is 5.56 Å². The van der Waals surface area contributed by atoms with Gasteiger partial charge < -0.3 is 4.57 Å². The molecule has 1 heterocycles. The second-order valence-corrected chi connectivity index (χ2v) is 4.98. The smallest absolute Gasteiger partial charge is 0.304 e. The number of halogens is 1. The van der Waals surface area contributed by atoms with E-state index in [0.29, 0.717) is 5.56 Å². The molecule has 0 aliphatic rings. The summed E-state index contributed by atoms with van der Waals surface area (Å²) in [5, 5.41) is 10.6. The van der Waals surface area contributed by atoms with Crippen molar-refractivity contribution in [3.05, 3.63) is 88.5 Å². The third-order valence-electron chi connectivity index (χ3n) is 3.44. The Morgan fingerprint density at radius 2 is 1.82 bits per heavy atom. The fourth-order valence-corrected chi connectivity index (χ4v) is 2.34. The summed E-state index contributed by atoms with van der Waals surface area (Å²) in [6, 6.07) is 15.8. The van der Waals surface area contributed by atoms with Crippen LogP contribution in [0.25, 0.3) is 11.1 Å². The van der Waals surface area contributed by atoms with E-state index in [1.165, 1.54) is 17.7 Å². The van der Waals surface area contributed by atoms with Gasteiger partial charge in [-0.3, -0.25) is 10.1 Å². The molecule has 3 aromatic rings. The van der Waals surface area contributed by atoms with Crippen LogP contribution in [0.2, 0.25) is 0 Å². The van der Waals surface area contributed by atoms with Gasteiger partial charge in [-0.25, -0.2) is 0 Å². The fraction of sp³-hybridized carbons (Fsp3) is 0.0588. The van der Waals surface area contributed by atoms with Gasteiger partial charge >= 0.3 is 5.69 Å². The van der Waals surface area contributed by atoms with E-state index in [0.717, 1.165) is 12.1 Å². The normalized spacial score (nSPS) is 10.6. The average Bonchev–Trinajstić information content (AvgIpc) is 2.96. The van der Waals surface area contributed by atoms with E-state index < -0.39 is 16.4 Å². The minimum Gasteiger partial charge on any atom is -0.349 e. The Morgan fingerprint density at radius 3 is 2.50 bits per heavy atom. The molecule has 0 radical (unpaired) electrons. The van der Waals surface area contributed by atoms with Crippen molar-refractivity contribution in [1.29, 1.82) is 0 Å². The lowest BCUT2D eigenvalue weighted by molar-refractivity contribution is -0.387. The molecule has 3 rings (SSSR count). The molecule has 1 aromatic heterocycles. The number of nitro benzene ring substituents is 1. The van der Waals surface area contributed by atoms with Gasteiger partial charge in [0.05, 0.1) is 4.92 Å². The molecule has 0 aliphatic heterocycles. The quantitative estimate of drug-likeness (QED) is 0.533. The first-order valence-corrected chi connectivity index (χ1v) is 6.77. The summed E-state index contributed by atoms with van der Waals surface area (Å²) in [6.07, 6.45) is 3.80. The second-order valence-electron chi connectivity index (χ2n) is 4.98. The lowest BCUT2D eigenvalue weighted by Gasteiger charge is -2.03. The van der Waals surface area contributed by atoms with Gasteiger partial charge in [-0.1, -0.05) is 30.3 Å². The highest BCUT2D eigenvalue weighted by Gasteiger charge is 2.14. The predicted octanol–water partition coefficient (Wildman–Crippen LogP) is 4.25. The number of rotatable bonds is 4. The summed E-state index contributed by atoms with van der Waals surface area (Å²) in [5.41, 5.74) is 2.10. The van der Waals surface area contributed by atoms with E-state index in [1.807, 2.05) is 53.4 Å². The number of nitrogens with zero attached hydrogens (tertiary/aromatic N) is 2. The van der Waals surface area contributed by atoms with Gasteiger partial charge in [-0.2, -0.15) is 4.39 Å². The Kier molecular flexibility index (Phi) is 3.70. The third kappa shape index (κ3) is 2.88. The molecule has 22 heavy (non-hydrogen) atoms. The highest BCUT2D eigenvalue weighted by atomic mass is 19.1. The Bertz CT molecular complexity index is 813. The monoisotopic (exact) mass is 296 g/mol. The maximum absolute atomic E-state index is 13.7. The molecular weight excluding hydrogens is 283 g/mol. The maximum atomic E-state index is 13.7. The van der Waals surface area contributed by atoms with Gasteiger partial charge in [0.25, 0.3) is 0 Å². The van der Waals surface area contributed by atoms with Gasteiger partial charge in [-0.05, 0) is 34.9 Å². The van der Waals surface area contributed by atoms with E-state index in [1.54, 1.807) is 6.07 Å². The van der Waals surface area contributed by atoms with E-state index in [9.17, 15) is 14.5 Å². The van der Waals surface area contributed by atoms with Gasteiger partial charge in [0.2, 0.25) is 5.82 Å². The zero-order valence-corrected chi connectivity index (χ0v) is 11.6. The molecule has 2 aromatic carbocycles. The molecule has 0 amide bonds. The molecule has 110 valence electrons. The largest absolute Gasteiger partial charge is 0.349 e. The number of hydrogen-bond donors (Lipinski definition) is 0. The predicted molar refractivity (Wildman–Crippen MR) is 82.0 cm³/mol. The van der Waals surface area contributed by atoms with E-state index in [4.69, 9.17) is 0 Å². The molecule has 5 heteroatoms. The lowest BCUT2D eigenvalue weighted by Crippen LogP contribution is -1.95. The van der Waals surface area contributed by atoms with Crippen molar-refractivity contribution >= 4 is 5.69 Å². The third-order valence-corrected chi connectivity index (χ3v) is 3.44. The molecule has 0 bridgehead atoms. The Morgan fingerprint density at radius 1 is 1.05 bits per heavy atom. The number of nitro groups is 1. The van der Waals surface area contributed by atoms with Gasteiger partial charge in [0, 0.05) is 25.0 Å². The van der Waals surface area contributed by atoms with E-state index >= 15 is 0 Å². The van der Waals surface area contributed by atoms with Crippen molar-refractivity contribution in [2.24, 2.45) is 0 Å². The molecule has 0 atom stereocenters. The Labute approximate surface area is 126 Å². The zero-order chi connectivity index (χ0) is 15.5. The topological polar surface area (TPSA) is 48.1 Å². The summed E-state index contributed by atoms with van der Waals surface area (Å²) in [5.74, 6) is -0.821. The van der Waals surface area contributed by atoms with Crippen molar-refractivity contribution in [2.45, 2.75) is 6.54 Å². The van der Waals surface area contributed by atoms with Crippen LogP contribution in [0.3, 0.4) is 0 Å². The number of hydrogen-bond acceptors (Lipinski definition) is 2. The first kappa shape index (κ1) is 14.0. The first-order chi connectivity index (χ1) is 10.6. The molecule has 0 unspecified atom stereocenters. The van der Waals surface area contributed by atoms with Crippen LogP contribution < -0.4 is 0 Å². The molecule has 0 N–H and O–H groups in total. The summed E-state index contributed by atoms with van der Waals surface area (Å²) < 4.78 is 15.7. The molecule has 4 nitrogen and oxygen atoms in total. The van der Waals surface area contributed by atoms with E-state index in [-0.39, 0.29) is 0 Å². The van der Waals surface area contributed by atoms with Crippen molar-refractivity contribution < 1.29 is 9.31 Å². The van der Waals surface area contributed by atoms with Crippen molar-refractivity contribution in [1.82, 2.24) is 4.57 Å². The summed E-state index contributed by atoms with van der Waals surface area (Å²) >= 11 is 0. The van der Waals surface area contributed by atoms with Crippen LogP contribution >= 0.6 is 0 Å². The van der Waals surface area contributed by atoms with Crippen molar-refractivity contribution in [3.8, 4) is 11.1 Å². The van der Waals surface area contributed by atoms with Crippen LogP contribution in [0, 0.1) is 15.9 Å². The minimum atomic E-state index is -0.821. The molecular formula is C17H13FN2O2. The molecule has 0 saturated carbocycles. The number of aromatic nitrogens is 1. The van der Waals surface area contributed by atoms with Gasteiger partial charge in [0.15, 0.2) is 0 Å². The highest BCUT2D eigenvalue weighted by Crippen LogP contribution is 2.26. The second kappa shape index (κ2) is 5.81. The Hall–Kier alpha value is -2.95. The molecule has 0 aliphatic carbocycles. The maximum Gasteiger partial charge on any atom is 0.304 e. The average molecular weight is 296 g/mol. The summed E-state index contributed by atoms with van der Waals surface area (Å²) in [6.45, 7) is 0.719. The first-order valence-electron chi connectivity index (χ1n) is 6.77. The lowest BCUT2D eigenvalue weighted by atomic mass is 10.1. The summed E-state index contributed by atoms with van der Waals surface area (Å²) in [4.78, 5) is 9.92. The van der Waals surface area contributed by atoms with Crippen LogP contribution in [-0.4, -0.2) is 9.49 Å². The molecule has 0 fully saturated rings. The van der Waals surface area contributed by atoms with Crippen LogP contribution in [0.5, 0.6) is 0 Å². The van der Waals surface area contributed by atoms with Crippen LogP contribution in [-0.2, 0) is 6.54 Å². The Balaban J connectivity index is 1.85. The summed E-state index contributed by atoms with van der Waals surface area (Å²) in [7, 11) is 0. The number of benzene rings is 2. The van der Waals surface area contributed by atoms with Crippen LogP contribution in [0.4, 0.5) is 10.1 Å². The molecule has 0 saturated heterocycles. The molecule has 0 spiro atoms. The highest BCUT2D eigenvalue weighted by molar-refractivity contribution is 5.64. The zero-order valence-electron chi connectivity index (χ0n) is 11.6. The SMILES string of the molecule is O=[N+]([O-])c1ccc(-c2ccn(Cc3ccccc3)c2)cc1F. The van der Waals surface area contributed by atoms with E-state index in [2.05, 4.69) is 0 Å².